The van der Waals surface area contributed by atoms with E-state index in [1.165, 1.54) is 17.8 Å². The molecule has 100 valence electrons. The maximum Gasteiger partial charge on any atom is 0.309 e. The average molecular weight is 270 g/mol. The molecular formula is C11H18N4O2S. The van der Waals surface area contributed by atoms with Gasteiger partial charge in [-0.25, -0.2) is 4.90 Å². The molecule has 3 rings (SSSR count). The molecule has 1 aromatic rings. The van der Waals surface area contributed by atoms with Crippen LogP contribution < -0.4 is 4.65 Å². The fourth-order valence-corrected chi connectivity index (χ4v) is 3.52. The van der Waals surface area contributed by atoms with Gasteiger partial charge in [-0.05, 0) is 24.2 Å². The van der Waals surface area contributed by atoms with Crippen molar-refractivity contribution in [1.82, 2.24) is 19.7 Å². The second kappa shape index (κ2) is 4.50. The highest BCUT2D eigenvalue weighted by molar-refractivity contribution is 7.15. The maximum absolute atomic E-state index is 12.7. The molecule has 0 spiro atoms. The first-order valence-corrected chi connectivity index (χ1v) is 7.28. The van der Waals surface area contributed by atoms with Crippen molar-refractivity contribution in [2.24, 2.45) is 0 Å². The van der Waals surface area contributed by atoms with Gasteiger partial charge in [0.1, 0.15) is 11.7 Å². The SMILES string of the molecule is CCN1CC(O)[N+]([O-])(c2nnc(C3CCC3)s2)C1. The molecule has 1 aliphatic heterocycles. The Morgan fingerprint density at radius 3 is 2.83 bits per heavy atom. The van der Waals surface area contributed by atoms with Gasteiger partial charge in [0.2, 0.25) is 6.23 Å². The van der Waals surface area contributed by atoms with Gasteiger partial charge in [-0.2, -0.15) is 0 Å². The fraction of sp³-hybridized carbons (Fsp3) is 0.818. The summed E-state index contributed by atoms with van der Waals surface area (Å²) in [5.41, 5.74) is 0. The Labute approximate surface area is 110 Å². The highest BCUT2D eigenvalue weighted by Crippen LogP contribution is 2.41. The first-order valence-electron chi connectivity index (χ1n) is 6.46. The van der Waals surface area contributed by atoms with Crippen molar-refractivity contribution in [3.63, 3.8) is 0 Å². The van der Waals surface area contributed by atoms with E-state index in [9.17, 15) is 10.3 Å². The molecule has 0 bridgehead atoms. The molecule has 0 amide bonds. The molecule has 1 N–H and O–H groups in total. The van der Waals surface area contributed by atoms with Crippen LogP contribution in [0.15, 0.2) is 0 Å². The summed E-state index contributed by atoms with van der Waals surface area (Å²) in [5.74, 6) is 0.491. The van der Waals surface area contributed by atoms with Gasteiger partial charge >= 0.3 is 5.13 Å². The lowest BCUT2D eigenvalue weighted by Crippen LogP contribution is -2.48. The Bertz CT molecular complexity index is 436. The van der Waals surface area contributed by atoms with E-state index in [2.05, 4.69) is 10.2 Å². The van der Waals surface area contributed by atoms with Gasteiger partial charge in [-0.3, -0.25) is 4.65 Å². The molecule has 0 aromatic carbocycles. The van der Waals surface area contributed by atoms with E-state index in [0.717, 1.165) is 24.4 Å². The summed E-state index contributed by atoms with van der Waals surface area (Å²) in [5, 5.41) is 32.2. The highest BCUT2D eigenvalue weighted by Gasteiger charge is 2.42. The Kier molecular flexibility index (Phi) is 3.11. The Morgan fingerprint density at radius 2 is 2.28 bits per heavy atom. The van der Waals surface area contributed by atoms with E-state index < -0.39 is 10.9 Å². The zero-order chi connectivity index (χ0) is 12.8. The number of quaternary nitrogens is 1. The number of aliphatic hydroxyl groups is 1. The molecule has 2 heterocycles. The van der Waals surface area contributed by atoms with Crippen LogP contribution in [0.3, 0.4) is 0 Å². The minimum absolute atomic E-state index is 0.275. The van der Waals surface area contributed by atoms with Crippen molar-refractivity contribution >= 4 is 16.5 Å². The molecule has 18 heavy (non-hydrogen) atoms. The monoisotopic (exact) mass is 270 g/mol. The molecular weight excluding hydrogens is 252 g/mol. The largest absolute Gasteiger partial charge is 0.623 e. The van der Waals surface area contributed by atoms with Gasteiger partial charge in [0, 0.05) is 12.5 Å². The first-order chi connectivity index (χ1) is 8.63. The normalized spacial score (nSPS) is 33.8. The van der Waals surface area contributed by atoms with Crippen LogP contribution in [0.2, 0.25) is 0 Å². The lowest BCUT2D eigenvalue weighted by atomic mass is 9.86. The maximum atomic E-state index is 12.7. The zero-order valence-electron chi connectivity index (χ0n) is 10.4. The third-order valence-electron chi connectivity index (χ3n) is 3.97. The number of hydroxylamine groups is 2. The van der Waals surface area contributed by atoms with Crippen LogP contribution in [0.4, 0.5) is 5.13 Å². The minimum atomic E-state index is -0.938. The van der Waals surface area contributed by atoms with Crippen LogP contribution >= 0.6 is 11.3 Å². The summed E-state index contributed by atoms with van der Waals surface area (Å²) in [6.07, 6.45) is 2.60. The van der Waals surface area contributed by atoms with Crippen molar-refractivity contribution in [1.29, 1.82) is 0 Å². The molecule has 6 nitrogen and oxygen atoms in total. The van der Waals surface area contributed by atoms with E-state index in [-0.39, 0.29) is 6.67 Å². The molecule has 2 aliphatic rings. The third-order valence-corrected chi connectivity index (χ3v) is 5.17. The molecule has 2 unspecified atom stereocenters. The van der Waals surface area contributed by atoms with Crippen molar-refractivity contribution in [2.45, 2.75) is 38.3 Å². The van der Waals surface area contributed by atoms with Crippen LogP contribution in [0, 0.1) is 5.21 Å². The quantitative estimate of drug-likeness (QED) is 0.660. The predicted molar refractivity (Wildman–Crippen MR) is 69.8 cm³/mol. The number of rotatable bonds is 3. The summed E-state index contributed by atoms with van der Waals surface area (Å²) < 4.78 is -0.752. The van der Waals surface area contributed by atoms with Gasteiger partial charge in [-0.1, -0.05) is 18.4 Å². The number of nitrogens with zero attached hydrogens (tertiary/aromatic N) is 4. The number of aliphatic hydroxyl groups excluding tert-OH is 1. The molecule has 2 atom stereocenters. The molecule has 0 radical (unpaired) electrons. The van der Waals surface area contributed by atoms with E-state index >= 15 is 0 Å². The summed E-state index contributed by atoms with van der Waals surface area (Å²) in [6, 6.07) is 0. The molecule has 1 saturated heterocycles. The smallest absolute Gasteiger partial charge is 0.309 e. The zero-order valence-corrected chi connectivity index (χ0v) is 11.3. The van der Waals surface area contributed by atoms with E-state index in [1.54, 1.807) is 0 Å². The van der Waals surface area contributed by atoms with Crippen LogP contribution in [-0.4, -0.2) is 46.2 Å². The van der Waals surface area contributed by atoms with Crippen molar-refractivity contribution < 1.29 is 5.11 Å². The summed E-state index contributed by atoms with van der Waals surface area (Å²) in [6.45, 7) is 3.45. The summed E-state index contributed by atoms with van der Waals surface area (Å²) >= 11 is 1.38. The number of likely N-dealkylation sites (N-methyl/N-ethyl adjacent to an activating group) is 1. The van der Waals surface area contributed by atoms with Gasteiger partial charge in [0.05, 0.1) is 6.54 Å². The van der Waals surface area contributed by atoms with Crippen LogP contribution in [0.1, 0.15) is 37.1 Å². The van der Waals surface area contributed by atoms with Gasteiger partial charge in [0.25, 0.3) is 0 Å². The second-order valence-electron chi connectivity index (χ2n) is 5.14. The number of hydrogen-bond donors (Lipinski definition) is 1. The standard InChI is InChI=1S/C11H18N4O2S/c1-2-14-6-9(16)15(17,7-14)11-13-12-10(18-11)8-4-3-5-8/h8-9,16H,2-7H2,1H3. The highest BCUT2D eigenvalue weighted by atomic mass is 32.1. The van der Waals surface area contributed by atoms with E-state index in [4.69, 9.17) is 0 Å². The number of aromatic nitrogens is 2. The number of β-amino-alcohol motifs (C(OH)–C–C–N with tert-alkyl or cyclic N) is 1. The minimum Gasteiger partial charge on any atom is -0.623 e. The number of hydrogen-bond acceptors (Lipinski definition) is 6. The Balaban J connectivity index is 1.82. The summed E-state index contributed by atoms with van der Waals surface area (Å²) in [7, 11) is 0. The van der Waals surface area contributed by atoms with Crippen LogP contribution in [0.5, 0.6) is 0 Å². The van der Waals surface area contributed by atoms with Crippen molar-refractivity contribution in [3.8, 4) is 0 Å². The predicted octanol–water partition coefficient (Wildman–Crippen LogP) is 1.22. The Morgan fingerprint density at radius 1 is 1.50 bits per heavy atom. The fourth-order valence-electron chi connectivity index (χ4n) is 2.43. The van der Waals surface area contributed by atoms with Crippen molar-refractivity contribution in [3.05, 3.63) is 10.2 Å². The average Bonchev–Trinajstić information content (AvgIpc) is 2.84. The van der Waals surface area contributed by atoms with Gasteiger partial charge < -0.3 is 10.3 Å². The molecule has 1 aromatic heterocycles. The van der Waals surface area contributed by atoms with Gasteiger partial charge in [-0.15, -0.1) is 5.10 Å². The second-order valence-corrected chi connectivity index (χ2v) is 6.13. The van der Waals surface area contributed by atoms with Crippen molar-refractivity contribution in [2.75, 3.05) is 19.8 Å². The van der Waals surface area contributed by atoms with E-state index in [0.29, 0.717) is 17.6 Å². The first kappa shape index (κ1) is 12.4. The molecule has 2 fully saturated rings. The van der Waals surface area contributed by atoms with E-state index in [1.807, 2.05) is 11.8 Å². The lowest BCUT2D eigenvalue weighted by Gasteiger charge is -2.36. The molecule has 7 heteroatoms. The van der Waals surface area contributed by atoms with Crippen LogP contribution in [0.25, 0.3) is 0 Å². The summed E-state index contributed by atoms with van der Waals surface area (Å²) in [4.78, 5) is 1.95. The van der Waals surface area contributed by atoms with Gasteiger partial charge in [0.15, 0.2) is 0 Å². The third kappa shape index (κ3) is 1.86. The lowest BCUT2D eigenvalue weighted by molar-refractivity contribution is 0.0843. The molecule has 1 aliphatic carbocycles. The van der Waals surface area contributed by atoms with Crippen LogP contribution in [-0.2, 0) is 0 Å². The Hall–Kier alpha value is -0.600. The molecule has 1 saturated carbocycles. The topological polar surface area (TPSA) is 72.3 Å².